The predicted molar refractivity (Wildman–Crippen MR) is 135 cm³/mol. The number of Topliss-reactive ketones (excluding diaryl/α,β-unsaturated/α-hetero) is 1. The Balaban J connectivity index is 1.58. The van der Waals surface area contributed by atoms with Gasteiger partial charge in [-0.1, -0.05) is 47.5 Å². The Kier molecular flexibility index (Phi) is 6.07. The second-order valence-electron chi connectivity index (χ2n) is 8.48. The number of fused-ring (bicyclic) bond motifs is 1. The molecule has 172 valence electrons. The van der Waals surface area contributed by atoms with Crippen LogP contribution in [0.4, 0.5) is 11.4 Å². The molecule has 0 amide bonds. The van der Waals surface area contributed by atoms with Crippen LogP contribution in [0.5, 0.6) is 0 Å². The Bertz CT molecular complexity index is 1300. The standard InChI is InChI=1S/C27H22Cl2N2O3/c1-34-27(33)17-4-2-16(3-5-17)26-25-23(30-22-14-20(29)10-11-21(22)31-26)12-18(13-24(25)32)15-6-8-19(28)9-7-15/h2-11,14,18,26,30-31H,12-13H2,1H3. The average Bonchev–Trinajstić information content (AvgIpc) is 3.00. The first-order valence-corrected chi connectivity index (χ1v) is 11.7. The van der Waals surface area contributed by atoms with E-state index in [1.807, 2.05) is 54.6 Å². The van der Waals surface area contributed by atoms with Gasteiger partial charge >= 0.3 is 5.97 Å². The number of nitrogens with one attached hydrogen (secondary N) is 2. The summed E-state index contributed by atoms with van der Waals surface area (Å²) in [6.07, 6.45) is 1.07. The lowest BCUT2D eigenvalue weighted by Crippen LogP contribution is -2.26. The molecule has 0 saturated carbocycles. The van der Waals surface area contributed by atoms with E-state index in [0.29, 0.717) is 34.0 Å². The number of esters is 1. The van der Waals surface area contributed by atoms with Crippen molar-refractivity contribution in [3.05, 3.63) is 105 Å². The molecule has 2 aliphatic rings. The number of hydrogen-bond acceptors (Lipinski definition) is 5. The monoisotopic (exact) mass is 492 g/mol. The van der Waals surface area contributed by atoms with Crippen LogP contribution in [0.1, 0.15) is 46.3 Å². The minimum Gasteiger partial charge on any atom is -0.465 e. The molecule has 5 rings (SSSR count). The first-order chi connectivity index (χ1) is 16.4. The van der Waals surface area contributed by atoms with Gasteiger partial charge in [-0.15, -0.1) is 0 Å². The fraction of sp³-hybridized carbons (Fsp3) is 0.185. The van der Waals surface area contributed by atoms with E-state index < -0.39 is 5.97 Å². The highest BCUT2D eigenvalue weighted by Crippen LogP contribution is 2.44. The molecule has 3 aromatic rings. The van der Waals surface area contributed by atoms with Gasteiger partial charge in [0.05, 0.1) is 30.1 Å². The Morgan fingerprint density at radius 1 is 0.882 bits per heavy atom. The number of carbonyl (C=O) groups is 2. The number of ether oxygens (including phenoxy) is 1. The summed E-state index contributed by atoms with van der Waals surface area (Å²) >= 11 is 12.4. The van der Waals surface area contributed by atoms with E-state index in [0.717, 1.165) is 28.2 Å². The van der Waals surface area contributed by atoms with Gasteiger partial charge in [0.15, 0.2) is 5.78 Å². The van der Waals surface area contributed by atoms with Crippen LogP contribution in [0.25, 0.3) is 0 Å². The molecule has 2 unspecified atom stereocenters. The number of hydrogen-bond donors (Lipinski definition) is 2. The van der Waals surface area contributed by atoms with Crippen molar-refractivity contribution >= 4 is 46.3 Å². The third-order valence-corrected chi connectivity index (χ3v) is 6.86. The quantitative estimate of drug-likeness (QED) is 0.395. The minimum absolute atomic E-state index is 0.0408. The number of carbonyl (C=O) groups excluding carboxylic acids is 2. The highest BCUT2D eigenvalue weighted by molar-refractivity contribution is 6.31. The molecular weight excluding hydrogens is 471 g/mol. The van der Waals surface area contributed by atoms with Crippen LogP contribution in [-0.2, 0) is 9.53 Å². The maximum absolute atomic E-state index is 13.6. The molecule has 7 heteroatoms. The summed E-state index contributed by atoms with van der Waals surface area (Å²) in [6, 6.07) is 20.0. The number of anilines is 2. The minimum atomic E-state index is -0.401. The first kappa shape index (κ1) is 22.5. The number of ketones is 1. The van der Waals surface area contributed by atoms with Crippen molar-refractivity contribution in [3.8, 4) is 0 Å². The summed E-state index contributed by atoms with van der Waals surface area (Å²) in [7, 11) is 1.35. The number of methoxy groups -OCH3 is 1. The molecule has 0 radical (unpaired) electrons. The Morgan fingerprint density at radius 3 is 2.26 bits per heavy atom. The Morgan fingerprint density at radius 2 is 1.56 bits per heavy atom. The van der Waals surface area contributed by atoms with Crippen molar-refractivity contribution in [3.63, 3.8) is 0 Å². The molecule has 3 aromatic carbocycles. The fourth-order valence-electron chi connectivity index (χ4n) is 4.67. The van der Waals surface area contributed by atoms with E-state index in [1.165, 1.54) is 7.11 Å². The van der Waals surface area contributed by atoms with Crippen LogP contribution in [0.15, 0.2) is 78.0 Å². The Hall–Kier alpha value is -3.28. The maximum Gasteiger partial charge on any atom is 0.337 e. The lowest BCUT2D eigenvalue weighted by atomic mass is 9.78. The summed E-state index contributed by atoms with van der Waals surface area (Å²) in [5, 5.41) is 8.29. The predicted octanol–water partition coefficient (Wildman–Crippen LogP) is 6.76. The molecule has 0 saturated heterocycles. The van der Waals surface area contributed by atoms with Gasteiger partial charge in [-0.3, -0.25) is 4.79 Å². The molecule has 1 aliphatic carbocycles. The largest absolute Gasteiger partial charge is 0.465 e. The molecule has 2 atom stereocenters. The van der Waals surface area contributed by atoms with Crippen molar-refractivity contribution in [2.75, 3.05) is 17.7 Å². The van der Waals surface area contributed by atoms with Gasteiger partial charge < -0.3 is 15.4 Å². The zero-order chi connectivity index (χ0) is 23.8. The zero-order valence-corrected chi connectivity index (χ0v) is 19.9. The van der Waals surface area contributed by atoms with Crippen molar-refractivity contribution < 1.29 is 14.3 Å². The van der Waals surface area contributed by atoms with Crippen LogP contribution in [0.2, 0.25) is 10.0 Å². The number of halogens is 2. The first-order valence-electron chi connectivity index (χ1n) is 11.0. The summed E-state index contributed by atoms with van der Waals surface area (Å²) in [5.41, 5.74) is 5.64. The van der Waals surface area contributed by atoms with Crippen LogP contribution in [0.3, 0.4) is 0 Å². The molecule has 0 aromatic heterocycles. The van der Waals surface area contributed by atoms with E-state index in [2.05, 4.69) is 10.6 Å². The SMILES string of the molecule is COC(=O)c1ccc(C2Nc3ccc(Cl)cc3NC3=C2C(=O)CC(c2ccc(Cl)cc2)C3)cc1. The molecule has 2 N–H and O–H groups in total. The summed E-state index contributed by atoms with van der Waals surface area (Å²) in [5.74, 6) is -0.289. The van der Waals surface area contributed by atoms with Gasteiger partial charge in [-0.05, 0) is 65.9 Å². The molecular formula is C27H22Cl2N2O3. The number of allylic oxidation sites excluding steroid dienone is 1. The van der Waals surface area contributed by atoms with E-state index in [1.54, 1.807) is 12.1 Å². The van der Waals surface area contributed by atoms with Crippen LogP contribution in [-0.4, -0.2) is 18.9 Å². The number of benzene rings is 3. The van der Waals surface area contributed by atoms with Gasteiger partial charge in [-0.2, -0.15) is 0 Å². The van der Waals surface area contributed by atoms with Crippen molar-refractivity contribution in [1.82, 2.24) is 0 Å². The normalized spacial score (nSPS) is 19.3. The molecule has 0 bridgehead atoms. The summed E-state index contributed by atoms with van der Waals surface area (Å²) in [6.45, 7) is 0. The van der Waals surface area contributed by atoms with Crippen LogP contribution >= 0.6 is 23.2 Å². The topological polar surface area (TPSA) is 67.4 Å². The lowest BCUT2D eigenvalue weighted by molar-refractivity contribution is -0.116. The highest BCUT2D eigenvalue weighted by atomic mass is 35.5. The fourth-order valence-corrected chi connectivity index (χ4v) is 4.97. The van der Waals surface area contributed by atoms with E-state index in [4.69, 9.17) is 27.9 Å². The maximum atomic E-state index is 13.6. The van der Waals surface area contributed by atoms with Gasteiger partial charge in [0, 0.05) is 27.7 Å². The third kappa shape index (κ3) is 4.29. The summed E-state index contributed by atoms with van der Waals surface area (Å²) < 4.78 is 4.81. The van der Waals surface area contributed by atoms with Crippen molar-refractivity contribution in [2.24, 2.45) is 0 Å². The lowest BCUT2D eigenvalue weighted by Gasteiger charge is -2.30. The second-order valence-corrected chi connectivity index (χ2v) is 9.35. The van der Waals surface area contributed by atoms with Gasteiger partial charge in [-0.25, -0.2) is 4.79 Å². The second kappa shape index (κ2) is 9.16. The molecule has 34 heavy (non-hydrogen) atoms. The average molecular weight is 493 g/mol. The smallest absolute Gasteiger partial charge is 0.337 e. The van der Waals surface area contributed by atoms with Crippen LogP contribution < -0.4 is 10.6 Å². The highest BCUT2D eigenvalue weighted by Gasteiger charge is 2.36. The Labute approximate surface area is 207 Å². The van der Waals surface area contributed by atoms with Gasteiger partial charge in [0.2, 0.25) is 0 Å². The van der Waals surface area contributed by atoms with E-state index in [-0.39, 0.29) is 17.7 Å². The van der Waals surface area contributed by atoms with Crippen LogP contribution in [0, 0.1) is 0 Å². The molecule has 5 nitrogen and oxygen atoms in total. The van der Waals surface area contributed by atoms with Crippen molar-refractivity contribution in [2.45, 2.75) is 24.8 Å². The zero-order valence-electron chi connectivity index (χ0n) is 18.4. The van der Waals surface area contributed by atoms with E-state index in [9.17, 15) is 9.59 Å². The van der Waals surface area contributed by atoms with Crippen molar-refractivity contribution in [1.29, 1.82) is 0 Å². The summed E-state index contributed by atoms with van der Waals surface area (Å²) in [4.78, 5) is 25.5. The van der Waals surface area contributed by atoms with Gasteiger partial charge in [0.1, 0.15) is 0 Å². The van der Waals surface area contributed by atoms with Gasteiger partial charge in [0.25, 0.3) is 0 Å². The molecule has 0 fully saturated rings. The molecule has 0 spiro atoms. The molecule has 1 aliphatic heterocycles. The third-order valence-electron chi connectivity index (χ3n) is 6.37. The molecule has 1 heterocycles. The number of rotatable bonds is 3. The van der Waals surface area contributed by atoms with E-state index >= 15 is 0 Å².